The molecule has 0 saturated carbocycles. The number of hydrogen-bond acceptors (Lipinski definition) is 4. The quantitative estimate of drug-likeness (QED) is 0.674. The third-order valence-corrected chi connectivity index (χ3v) is 2.88. The highest BCUT2D eigenvalue weighted by Crippen LogP contribution is 2.01. The summed E-state index contributed by atoms with van der Waals surface area (Å²) >= 11 is 0. The first-order valence-electron chi connectivity index (χ1n) is 6.70. The number of aromatic nitrogens is 1. The topological polar surface area (TPSA) is 42.4 Å². The Balaban J connectivity index is 2.21. The van der Waals surface area contributed by atoms with Gasteiger partial charge in [0.15, 0.2) is 5.78 Å². The summed E-state index contributed by atoms with van der Waals surface area (Å²) in [4.78, 5) is 18.0. The Morgan fingerprint density at radius 3 is 2.79 bits per heavy atom. The van der Waals surface area contributed by atoms with E-state index in [1.54, 1.807) is 0 Å². The summed E-state index contributed by atoms with van der Waals surface area (Å²) in [5, 5.41) is 0. The molecule has 1 aromatic heterocycles. The molecule has 1 heterocycles. The predicted octanol–water partition coefficient (Wildman–Crippen LogP) is 2.06. The van der Waals surface area contributed by atoms with Crippen molar-refractivity contribution in [1.82, 2.24) is 9.88 Å². The smallest absolute Gasteiger partial charge is 0.160 e. The fourth-order valence-corrected chi connectivity index (χ4v) is 1.60. The van der Waals surface area contributed by atoms with Gasteiger partial charge in [0.05, 0.1) is 12.3 Å². The molecule has 0 aliphatic carbocycles. The van der Waals surface area contributed by atoms with Crippen LogP contribution in [0.3, 0.4) is 0 Å². The van der Waals surface area contributed by atoms with E-state index in [2.05, 4.69) is 9.88 Å². The molecule has 1 rings (SSSR count). The van der Waals surface area contributed by atoms with Crippen LogP contribution in [0.1, 0.15) is 25.2 Å². The molecule has 0 atom stereocenters. The highest BCUT2D eigenvalue weighted by molar-refractivity contribution is 5.81. The third-order valence-electron chi connectivity index (χ3n) is 2.88. The highest BCUT2D eigenvalue weighted by Gasteiger charge is 2.07. The summed E-state index contributed by atoms with van der Waals surface area (Å²) in [5.74, 6) is 0.206. The molecule has 0 spiro atoms. The first-order valence-corrected chi connectivity index (χ1v) is 6.70. The zero-order valence-corrected chi connectivity index (χ0v) is 12.3. The van der Waals surface area contributed by atoms with Crippen molar-refractivity contribution in [3.8, 4) is 0 Å². The van der Waals surface area contributed by atoms with E-state index < -0.39 is 0 Å². The Hall–Kier alpha value is -1.26. The third kappa shape index (κ3) is 6.45. The largest absolute Gasteiger partial charge is 0.372 e. The van der Waals surface area contributed by atoms with Gasteiger partial charge < -0.3 is 4.74 Å². The molecule has 0 aliphatic rings. The lowest BCUT2D eigenvalue weighted by Gasteiger charge is -2.16. The van der Waals surface area contributed by atoms with Crippen LogP contribution in [0.5, 0.6) is 0 Å². The lowest BCUT2D eigenvalue weighted by Crippen LogP contribution is -2.25. The molecule has 4 heteroatoms. The van der Waals surface area contributed by atoms with Crippen LogP contribution < -0.4 is 0 Å². The van der Waals surface area contributed by atoms with Gasteiger partial charge in [0.25, 0.3) is 0 Å². The van der Waals surface area contributed by atoms with Crippen LogP contribution in [0.15, 0.2) is 18.2 Å². The van der Waals surface area contributed by atoms with Crippen LogP contribution in [0.25, 0.3) is 0 Å². The number of carbonyl (C=O) groups is 1. The van der Waals surface area contributed by atoms with Crippen LogP contribution in [0.2, 0.25) is 0 Å². The van der Waals surface area contributed by atoms with Crippen LogP contribution >= 0.6 is 0 Å². The van der Waals surface area contributed by atoms with E-state index >= 15 is 0 Å². The minimum absolute atomic E-state index is 0.0502. The van der Waals surface area contributed by atoms with Gasteiger partial charge in [-0.2, -0.15) is 0 Å². The van der Waals surface area contributed by atoms with Crippen LogP contribution in [-0.2, 0) is 16.1 Å². The first kappa shape index (κ1) is 15.8. The predicted molar refractivity (Wildman–Crippen MR) is 76.0 cm³/mol. The fourth-order valence-electron chi connectivity index (χ4n) is 1.60. The SMILES string of the molecule is Cc1cccc(CN(C)CCOCC(=O)C(C)C)n1. The Labute approximate surface area is 115 Å². The second kappa shape index (κ2) is 8.02. The van der Waals surface area contributed by atoms with Crippen molar-refractivity contribution < 1.29 is 9.53 Å². The van der Waals surface area contributed by atoms with Gasteiger partial charge in [-0.1, -0.05) is 19.9 Å². The number of ether oxygens (including phenoxy) is 1. The number of carbonyl (C=O) groups excluding carboxylic acids is 1. The minimum Gasteiger partial charge on any atom is -0.372 e. The van der Waals surface area contributed by atoms with Gasteiger partial charge >= 0.3 is 0 Å². The number of rotatable bonds is 8. The van der Waals surface area contributed by atoms with Crippen molar-refractivity contribution in [3.63, 3.8) is 0 Å². The molecule has 19 heavy (non-hydrogen) atoms. The summed E-state index contributed by atoms with van der Waals surface area (Å²) in [6.45, 7) is 8.14. The molecular formula is C15H24N2O2. The molecular weight excluding hydrogens is 240 g/mol. The van der Waals surface area contributed by atoms with E-state index in [0.29, 0.717) is 6.61 Å². The van der Waals surface area contributed by atoms with E-state index in [0.717, 1.165) is 24.5 Å². The minimum atomic E-state index is 0.0502. The van der Waals surface area contributed by atoms with Gasteiger partial charge in [0, 0.05) is 24.7 Å². The van der Waals surface area contributed by atoms with Gasteiger partial charge in [-0.3, -0.25) is 14.7 Å². The summed E-state index contributed by atoms with van der Waals surface area (Å²) in [6, 6.07) is 6.03. The fraction of sp³-hybridized carbons (Fsp3) is 0.600. The lowest BCUT2D eigenvalue weighted by atomic mass is 10.1. The van der Waals surface area contributed by atoms with Crippen molar-refractivity contribution >= 4 is 5.78 Å². The average molecular weight is 264 g/mol. The van der Waals surface area contributed by atoms with E-state index in [9.17, 15) is 4.79 Å². The molecule has 0 N–H and O–H groups in total. The van der Waals surface area contributed by atoms with E-state index in [1.807, 2.05) is 46.0 Å². The number of ketones is 1. The number of likely N-dealkylation sites (N-methyl/N-ethyl adjacent to an activating group) is 1. The lowest BCUT2D eigenvalue weighted by molar-refractivity contribution is -0.126. The van der Waals surface area contributed by atoms with Crippen molar-refractivity contribution in [3.05, 3.63) is 29.6 Å². The number of hydrogen-bond donors (Lipinski definition) is 0. The number of pyridine rings is 1. The van der Waals surface area contributed by atoms with Crippen molar-refractivity contribution in [2.75, 3.05) is 26.8 Å². The van der Waals surface area contributed by atoms with E-state index in [1.165, 1.54) is 0 Å². The molecule has 0 saturated heterocycles. The molecule has 0 radical (unpaired) electrons. The average Bonchev–Trinajstić information content (AvgIpc) is 2.34. The zero-order chi connectivity index (χ0) is 14.3. The summed E-state index contributed by atoms with van der Waals surface area (Å²) in [5.41, 5.74) is 2.09. The number of aryl methyl sites for hydroxylation is 1. The Morgan fingerprint density at radius 1 is 1.42 bits per heavy atom. The Morgan fingerprint density at radius 2 is 2.16 bits per heavy atom. The molecule has 4 nitrogen and oxygen atoms in total. The Kier molecular flexibility index (Phi) is 6.67. The summed E-state index contributed by atoms with van der Waals surface area (Å²) < 4.78 is 5.38. The number of nitrogens with zero attached hydrogens (tertiary/aromatic N) is 2. The first-order chi connectivity index (χ1) is 8.99. The molecule has 1 aromatic rings. The highest BCUT2D eigenvalue weighted by atomic mass is 16.5. The molecule has 0 fully saturated rings. The van der Waals surface area contributed by atoms with Gasteiger partial charge in [0.2, 0.25) is 0 Å². The zero-order valence-electron chi connectivity index (χ0n) is 12.3. The van der Waals surface area contributed by atoms with Crippen LogP contribution in [0.4, 0.5) is 0 Å². The van der Waals surface area contributed by atoms with Crippen molar-refractivity contribution in [1.29, 1.82) is 0 Å². The monoisotopic (exact) mass is 264 g/mol. The molecule has 0 aromatic carbocycles. The summed E-state index contributed by atoms with van der Waals surface area (Å²) in [6.07, 6.45) is 0. The van der Waals surface area contributed by atoms with Crippen molar-refractivity contribution in [2.45, 2.75) is 27.3 Å². The maximum atomic E-state index is 11.4. The van der Waals surface area contributed by atoms with Gasteiger partial charge in [-0.05, 0) is 26.1 Å². The second-order valence-electron chi connectivity index (χ2n) is 5.18. The number of Topliss-reactive ketones (excluding diaryl/α,β-unsaturated/α-hetero) is 1. The van der Waals surface area contributed by atoms with Gasteiger partial charge in [0.1, 0.15) is 6.61 Å². The normalized spacial score (nSPS) is 11.3. The molecule has 0 unspecified atom stereocenters. The molecule has 106 valence electrons. The Bertz CT molecular complexity index is 405. The van der Waals surface area contributed by atoms with Crippen LogP contribution in [-0.4, -0.2) is 42.5 Å². The van der Waals surface area contributed by atoms with Gasteiger partial charge in [-0.25, -0.2) is 0 Å². The standard InChI is InChI=1S/C15H24N2O2/c1-12(2)15(18)11-19-9-8-17(4)10-14-7-5-6-13(3)16-14/h5-7,12H,8-11H2,1-4H3. The molecule has 0 aliphatic heterocycles. The maximum absolute atomic E-state index is 11.4. The van der Waals surface area contributed by atoms with Crippen LogP contribution in [0, 0.1) is 12.8 Å². The van der Waals surface area contributed by atoms with E-state index in [-0.39, 0.29) is 18.3 Å². The molecule has 0 amide bonds. The van der Waals surface area contributed by atoms with E-state index in [4.69, 9.17) is 4.74 Å². The molecule has 0 bridgehead atoms. The summed E-state index contributed by atoms with van der Waals surface area (Å²) in [7, 11) is 2.03. The van der Waals surface area contributed by atoms with Crippen molar-refractivity contribution in [2.24, 2.45) is 5.92 Å². The second-order valence-corrected chi connectivity index (χ2v) is 5.18. The maximum Gasteiger partial charge on any atom is 0.160 e. The van der Waals surface area contributed by atoms with Gasteiger partial charge in [-0.15, -0.1) is 0 Å².